The molecule has 7 nitrogen and oxygen atoms in total. The van der Waals surface area contributed by atoms with Crippen molar-refractivity contribution in [2.75, 3.05) is 32.8 Å². The van der Waals surface area contributed by atoms with Gasteiger partial charge >= 0.3 is 5.97 Å². The highest BCUT2D eigenvalue weighted by atomic mass is 16.5. The minimum absolute atomic E-state index is 0.00771. The second-order valence-corrected chi connectivity index (χ2v) is 8.31. The van der Waals surface area contributed by atoms with Crippen LogP contribution >= 0.6 is 0 Å². The van der Waals surface area contributed by atoms with E-state index in [0.717, 1.165) is 6.42 Å². The molecule has 2 aliphatic rings. The predicted molar refractivity (Wildman–Crippen MR) is 106 cm³/mol. The molecule has 2 N–H and O–H groups in total. The van der Waals surface area contributed by atoms with Crippen molar-refractivity contribution in [3.05, 3.63) is 11.6 Å². The molecule has 0 saturated carbocycles. The molecule has 7 heteroatoms. The molecular weight excluding hydrogens is 360 g/mol. The first-order chi connectivity index (χ1) is 13.3. The number of rotatable bonds is 8. The highest BCUT2D eigenvalue weighted by Crippen LogP contribution is 2.39. The quantitative estimate of drug-likeness (QED) is 0.615. The van der Waals surface area contributed by atoms with Gasteiger partial charge in [0.05, 0.1) is 19.6 Å². The van der Waals surface area contributed by atoms with E-state index in [-0.39, 0.29) is 36.5 Å². The molecule has 1 aliphatic heterocycles. The van der Waals surface area contributed by atoms with Crippen molar-refractivity contribution in [2.45, 2.75) is 46.5 Å². The molecule has 0 aromatic heterocycles. The smallest absolute Gasteiger partial charge is 0.303 e. The summed E-state index contributed by atoms with van der Waals surface area (Å²) in [5, 5.41) is 11.6. The van der Waals surface area contributed by atoms with Gasteiger partial charge in [-0.1, -0.05) is 25.5 Å². The predicted octanol–water partition coefficient (Wildman–Crippen LogP) is 2.07. The number of carbonyl (C=O) groups is 3. The SMILES string of the molecule is CC1=C[C@@H](CNC(=O)CCC(=O)O)[C@H](C(C)C)C[C@H]1CC(=O)N1CCOCC1. The van der Waals surface area contributed by atoms with E-state index in [9.17, 15) is 14.4 Å². The van der Waals surface area contributed by atoms with E-state index in [1.54, 1.807) is 0 Å². The van der Waals surface area contributed by atoms with Gasteiger partial charge in [0.15, 0.2) is 0 Å². The van der Waals surface area contributed by atoms with Crippen molar-refractivity contribution >= 4 is 17.8 Å². The number of allylic oxidation sites excluding steroid dienone is 1. The van der Waals surface area contributed by atoms with E-state index < -0.39 is 5.97 Å². The third kappa shape index (κ3) is 6.62. The lowest BCUT2D eigenvalue weighted by Crippen LogP contribution is -2.42. The largest absolute Gasteiger partial charge is 0.481 e. The highest BCUT2D eigenvalue weighted by Gasteiger charge is 2.33. The zero-order chi connectivity index (χ0) is 20.7. The molecule has 1 aliphatic carbocycles. The first-order valence-corrected chi connectivity index (χ1v) is 10.3. The van der Waals surface area contributed by atoms with Crippen LogP contribution in [0.5, 0.6) is 0 Å². The first-order valence-electron chi connectivity index (χ1n) is 10.3. The average molecular weight is 395 g/mol. The molecule has 0 spiro atoms. The van der Waals surface area contributed by atoms with Gasteiger partial charge in [0.1, 0.15) is 0 Å². The fourth-order valence-electron chi connectivity index (χ4n) is 4.20. The van der Waals surface area contributed by atoms with Crippen LogP contribution in [-0.4, -0.2) is 60.6 Å². The summed E-state index contributed by atoms with van der Waals surface area (Å²) in [4.78, 5) is 37.0. The van der Waals surface area contributed by atoms with Crippen molar-refractivity contribution < 1.29 is 24.2 Å². The monoisotopic (exact) mass is 394 g/mol. The van der Waals surface area contributed by atoms with Crippen molar-refractivity contribution in [3.8, 4) is 0 Å². The highest BCUT2D eigenvalue weighted by molar-refractivity contribution is 5.80. The first kappa shape index (κ1) is 22.4. The van der Waals surface area contributed by atoms with Crippen LogP contribution in [0.1, 0.15) is 46.5 Å². The summed E-state index contributed by atoms with van der Waals surface area (Å²) in [5.74, 6) is 0.281. The summed E-state index contributed by atoms with van der Waals surface area (Å²) >= 11 is 0. The number of amides is 2. The number of ether oxygens (including phenoxy) is 1. The van der Waals surface area contributed by atoms with E-state index in [1.165, 1.54) is 5.57 Å². The van der Waals surface area contributed by atoms with Gasteiger partial charge in [0.2, 0.25) is 11.8 Å². The summed E-state index contributed by atoms with van der Waals surface area (Å²) < 4.78 is 5.33. The molecule has 2 amide bonds. The van der Waals surface area contributed by atoms with E-state index in [1.807, 2.05) is 4.90 Å². The molecule has 3 atom stereocenters. The van der Waals surface area contributed by atoms with E-state index in [2.05, 4.69) is 32.2 Å². The standard InChI is InChI=1S/C21H34N2O5/c1-14(2)18-11-16(12-20(25)23-6-8-28-9-7-23)15(3)10-17(18)13-22-19(24)4-5-21(26)27/h10,14,16-18H,4-9,11-13H2,1-3H3,(H,22,24)(H,26,27)/t16-,17-,18-/m0/s1. The van der Waals surface area contributed by atoms with Gasteiger partial charge in [0, 0.05) is 32.5 Å². The molecule has 158 valence electrons. The lowest BCUT2D eigenvalue weighted by molar-refractivity contribution is -0.139. The van der Waals surface area contributed by atoms with Gasteiger partial charge in [-0.05, 0) is 37.0 Å². The number of nitrogens with zero attached hydrogens (tertiary/aromatic N) is 1. The molecule has 1 fully saturated rings. The van der Waals surface area contributed by atoms with Crippen LogP contribution in [0.2, 0.25) is 0 Å². The maximum Gasteiger partial charge on any atom is 0.303 e. The molecule has 0 bridgehead atoms. The number of morpholine rings is 1. The van der Waals surface area contributed by atoms with Crippen LogP contribution in [0.4, 0.5) is 0 Å². The minimum atomic E-state index is -0.962. The van der Waals surface area contributed by atoms with Gasteiger partial charge in [-0.25, -0.2) is 0 Å². The Labute approximate surface area is 167 Å². The molecular formula is C21H34N2O5. The Morgan fingerprint density at radius 2 is 1.93 bits per heavy atom. The topological polar surface area (TPSA) is 95.9 Å². The summed E-state index contributed by atoms with van der Waals surface area (Å²) in [5.41, 5.74) is 1.21. The van der Waals surface area contributed by atoms with Gasteiger partial charge in [0.25, 0.3) is 0 Å². The molecule has 1 saturated heterocycles. The maximum absolute atomic E-state index is 12.7. The summed E-state index contributed by atoms with van der Waals surface area (Å²) in [6.07, 6.45) is 3.54. The van der Waals surface area contributed by atoms with Crippen LogP contribution < -0.4 is 5.32 Å². The van der Waals surface area contributed by atoms with Crippen LogP contribution in [0.25, 0.3) is 0 Å². The fraction of sp³-hybridized carbons (Fsp3) is 0.762. The second-order valence-electron chi connectivity index (χ2n) is 8.31. The molecule has 2 rings (SSSR count). The number of hydrogen-bond acceptors (Lipinski definition) is 4. The normalized spacial score (nSPS) is 25.4. The second kappa shape index (κ2) is 10.6. The van der Waals surface area contributed by atoms with Crippen LogP contribution in [-0.2, 0) is 19.1 Å². The number of carboxylic acid groups (broad SMARTS) is 1. The number of hydrogen-bond donors (Lipinski definition) is 2. The van der Waals surface area contributed by atoms with Crippen LogP contribution in [0, 0.1) is 23.7 Å². The van der Waals surface area contributed by atoms with Crippen LogP contribution in [0.15, 0.2) is 11.6 Å². The Morgan fingerprint density at radius 3 is 2.54 bits per heavy atom. The summed E-state index contributed by atoms with van der Waals surface area (Å²) in [6.45, 7) is 9.53. The molecule has 0 unspecified atom stereocenters. The molecule has 1 heterocycles. The number of carbonyl (C=O) groups excluding carboxylic acids is 2. The van der Waals surface area contributed by atoms with Crippen molar-refractivity contribution in [2.24, 2.45) is 23.7 Å². The van der Waals surface area contributed by atoms with E-state index >= 15 is 0 Å². The molecule has 0 aromatic carbocycles. The third-order valence-electron chi connectivity index (χ3n) is 5.97. The Bertz CT molecular complexity index is 596. The van der Waals surface area contributed by atoms with Gasteiger partial charge < -0.3 is 20.1 Å². The molecule has 0 radical (unpaired) electrons. The van der Waals surface area contributed by atoms with Gasteiger partial charge in [-0.3, -0.25) is 14.4 Å². The van der Waals surface area contributed by atoms with Crippen LogP contribution in [0.3, 0.4) is 0 Å². The van der Waals surface area contributed by atoms with E-state index in [0.29, 0.717) is 51.1 Å². The van der Waals surface area contributed by atoms with E-state index in [4.69, 9.17) is 9.84 Å². The van der Waals surface area contributed by atoms with Crippen molar-refractivity contribution in [1.82, 2.24) is 10.2 Å². The van der Waals surface area contributed by atoms with Crippen molar-refractivity contribution in [1.29, 1.82) is 0 Å². The summed E-state index contributed by atoms with van der Waals surface area (Å²) in [6, 6.07) is 0. The van der Waals surface area contributed by atoms with Gasteiger partial charge in [-0.2, -0.15) is 0 Å². The molecule has 0 aromatic rings. The van der Waals surface area contributed by atoms with Crippen molar-refractivity contribution in [3.63, 3.8) is 0 Å². The lowest BCUT2D eigenvalue weighted by atomic mass is 9.69. The third-order valence-corrected chi connectivity index (χ3v) is 5.97. The average Bonchev–Trinajstić information content (AvgIpc) is 2.66. The minimum Gasteiger partial charge on any atom is -0.481 e. The maximum atomic E-state index is 12.7. The Kier molecular flexibility index (Phi) is 8.48. The summed E-state index contributed by atoms with van der Waals surface area (Å²) in [7, 11) is 0. The van der Waals surface area contributed by atoms with Gasteiger partial charge in [-0.15, -0.1) is 0 Å². The number of carboxylic acids is 1. The Balaban J connectivity index is 1.95. The molecule has 28 heavy (non-hydrogen) atoms. The lowest BCUT2D eigenvalue weighted by Gasteiger charge is -2.38. The zero-order valence-electron chi connectivity index (χ0n) is 17.3. The fourth-order valence-corrected chi connectivity index (χ4v) is 4.20. The Hall–Kier alpha value is -1.89. The Morgan fingerprint density at radius 1 is 1.25 bits per heavy atom. The number of nitrogens with one attached hydrogen (secondary N) is 1. The number of aliphatic carboxylic acids is 1. The zero-order valence-corrected chi connectivity index (χ0v) is 17.3.